The van der Waals surface area contributed by atoms with E-state index >= 15 is 0 Å². The zero-order chi connectivity index (χ0) is 20.6. The van der Waals surface area contributed by atoms with Gasteiger partial charge in [-0.3, -0.25) is 0 Å². The van der Waals surface area contributed by atoms with Gasteiger partial charge in [-0.25, -0.2) is 0 Å². The molecule has 0 aliphatic heterocycles. The molecule has 0 fully saturated rings. The van der Waals surface area contributed by atoms with Crippen molar-refractivity contribution in [1.82, 2.24) is 0 Å². The van der Waals surface area contributed by atoms with Crippen LogP contribution < -0.4 is 0 Å². The van der Waals surface area contributed by atoms with Crippen molar-refractivity contribution < 1.29 is 0 Å². The fraction of sp³-hybridized carbons (Fsp3) is 0.455. The molecule has 0 heterocycles. The molecule has 0 spiro atoms. The van der Waals surface area contributed by atoms with E-state index in [0.29, 0.717) is 11.8 Å². The molecule has 5 atom stereocenters. The van der Waals surface area contributed by atoms with Crippen LogP contribution in [0.5, 0.6) is 0 Å². The lowest BCUT2D eigenvalue weighted by Crippen LogP contribution is -2.54. The number of hydrogen-bond acceptors (Lipinski definition) is 4. The molecule has 0 amide bonds. The Kier molecular flexibility index (Phi) is 10.9. The molecule has 0 aromatic heterocycles. The van der Waals surface area contributed by atoms with Gasteiger partial charge in [-0.15, -0.1) is 23.2 Å². The molecule has 2 rings (SSSR count). The molecule has 5 unspecified atom stereocenters. The van der Waals surface area contributed by atoms with Gasteiger partial charge in [0, 0.05) is 32.9 Å². The van der Waals surface area contributed by atoms with Gasteiger partial charge in [-0.2, -0.15) is 50.5 Å². The van der Waals surface area contributed by atoms with E-state index in [0.717, 1.165) is 18.6 Å². The largest absolute Gasteiger partial charge is 0.179 e. The summed E-state index contributed by atoms with van der Waals surface area (Å²) in [5.41, 5.74) is 1.99. The number of alkyl halides is 2. The summed E-state index contributed by atoms with van der Waals surface area (Å²) in [4.78, 5) is 0. The minimum absolute atomic E-state index is 0.106. The first-order chi connectivity index (χ1) is 13.5. The molecule has 154 valence electrons. The second kappa shape index (κ2) is 12.3. The molecule has 28 heavy (non-hydrogen) atoms. The van der Waals surface area contributed by atoms with Crippen LogP contribution in [-0.2, 0) is 5.41 Å². The van der Waals surface area contributed by atoms with Gasteiger partial charge in [-0.1, -0.05) is 60.7 Å². The summed E-state index contributed by atoms with van der Waals surface area (Å²) in [6.45, 7) is 0. The first kappa shape index (κ1) is 24.7. The molecule has 2 aromatic rings. The third kappa shape index (κ3) is 5.36. The van der Waals surface area contributed by atoms with Crippen molar-refractivity contribution in [2.75, 3.05) is 17.5 Å². The highest BCUT2D eigenvalue weighted by Crippen LogP contribution is 2.52. The van der Waals surface area contributed by atoms with Crippen molar-refractivity contribution in [2.45, 2.75) is 39.9 Å². The highest BCUT2D eigenvalue weighted by Gasteiger charge is 2.51. The van der Waals surface area contributed by atoms with Crippen LogP contribution in [0.3, 0.4) is 0 Å². The summed E-state index contributed by atoms with van der Waals surface area (Å²) in [6.07, 6.45) is 1.94. The van der Waals surface area contributed by atoms with E-state index < -0.39 is 5.41 Å². The third-order valence-corrected chi connectivity index (χ3v) is 8.91. The van der Waals surface area contributed by atoms with Crippen molar-refractivity contribution >= 4 is 73.7 Å². The summed E-state index contributed by atoms with van der Waals surface area (Å²) in [5, 5.41) is -0.366. The molecule has 0 bridgehead atoms. The van der Waals surface area contributed by atoms with Crippen LogP contribution in [-0.4, -0.2) is 33.3 Å². The van der Waals surface area contributed by atoms with E-state index in [1.807, 2.05) is 12.1 Å². The Bertz CT molecular complexity index is 685. The van der Waals surface area contributed by atoms with Crippen molar-refractivity contribution in [3.63, 3.8) is 0 Å². The maximum Gasteiger partial charge on any atom is 0.0351 e. The minimum atomic E-state index is -0.444. The van der Waals surface area contributed by atoms with Gasteiger partial charge in [0.15, 0.2) is 0 Å². The first-order valence-electron chi connectivity index (χ1n) is 9.41. The second-order valence-corrected chi connectivity index (χ2v) is 9.87. The maximum atomic E-state index is 6.46. The lowest BCUT2D eigenvalue weighted by atomic mass is 9.61. The van der Waals surface area contributed by atoms with E-state index in [4.69, 9.17) is 61.1 Å². The summed E-state index contributed by atoms with van der Waals surface area (Å²) >= 11 is 32.1. The second-order valence-electron chi connectivity index (χ2n) is 6.96. The fourth-order valence-corrected chi connectivity index (χ4v) is 6.33. The minimum Gasteiger partial charge on any atom is -0.179 e. The average molecular weight is 492 g/mol. The smallest absolute Gasteiger partial charge is 0.0351 e. The fourth-order valence-electron chi connectivity index (χ4n) is 4.12. The van der Waals surface area contributed by atoms with Gasteiger partial charge in [-0.05, 0) is 35.6 Å². The Morgan fingerprint density at radius 1 is 0.821 bits per heavy atom. The molecule has 6 heteroatoms. The van der Waals surface area contributed by atoms with E-state index in [2.05, 4.69) is 61.2 Å². The third-order valence-electron chi connectivity index (χ3n) is 5.41. The molecule has 0 radical (unpaired) electrons. The molecule has 0 aliphatic carbocycles. The van der Waals surface area contributed by atoms with E-state index in [-0.39, 0.29) is 21.7 Å². The lowest BCUT2D eigenvalue weighted by Gasteiger charge is -2.50. The Balaban J connectivity index is 2.78. The maximum absolute atomic E-state index is 6.46. The summed E-state index contributed by atoms with van der Waals surface area (Å²) < 4.78 is 0. The predicted octanol–water partition coefficient (Wildman–Crippen LogP) is 6.79. The van der Waals surface area contributed by atoms with Crippen LogP contribution in [0, 0.1) is 0 Å². The molecule has 0 aliphatic rings. The highest BCUT2D eigenvalue weighted by molar-refractivity contribution is 7.85. The zero-order valence-electron chi connectivity index (χ0n) is 15.7. The van der Waals surface area contributed by atoms with Crippen LogP contribution in [0.2, 0.25) is 0 Å². The number of benzene rings is 2. The Hall–Kier alpha value is 0.420. The van der Waals surface area contributed by atoms with Gasteiger partial charge < -0.3 is 0 Å². The molecular weight excluding hydrogens is 463 g/mol. The predicted molar refractivity (Wildman–Crippen MR) is 140 cm³/mol. The van der Waals surface area contributed by atoms with Crippen LogP contribution >= 0.6 is 73.7 Å². The lowest BCUT2D eigenvalue weighted by molar-refractivity contribution is 0.313. The summed E-state index contributed by atoms with van der Waals surface area (Å²) in [6, 6.07) is 21.1. The first-order valence-corrected chi connectivity index (χ1v) is 12.7. The van der Waals surface area contributed by atoms with Crippen molar-refractivity contribution in [1.29, 1.82) is 0 Å². The van der Waals surface area contributed by atoms with Gasteiger partial charge in [0.2, 0.25) is 0 Å². The van der Waals surface area contributed by atoms with Crippen molar-refractivity contribution in [2.24, 2.45) is 0 Å². The summed E-state index contributed by atoms with van der Waals surface area (Å²) in [7, 11) is 0. The molecule has 2 aromatic carbocycles. The molecular formula is C22H28Cl2S4. The SMILES string of the molecule is SCCCC(c1ccccc1)C(c1ccccc1)(C(S)CCl)C(S)C(S)CCl. The van der Waals surface area contributed by atoms with Crippen LogP contribution in [0.25, 0.3) is 0 Å². The highest BCUT2D eigenvalue weighted by atomic mass is 35.5. The van der Waals surface area contributed by atoms with Crippen LogP contribution in [0.15, 0.2) is 60.7 Å². The quantitative estimate of drug-likeness (QED) is 0.193. The number of rotatable bonds is 11. The van der Waals surface area contributed by atoms with E-state index in [1.165, 1.54) is 11.1 Å². The monoisotopic (exact) mass is 490 g/mol. The summed E-state index contributed by atoms with van der Waals surface area (Å²) in [5.74, 6) is 1.79. The Morgan fingerprint density at radius 2 is 1.39 bits per heavy atom. The molecule has 0 N–H and O–H groups in total. The standard InChI is InChI=1S/C22H28Cl2S4/c23-14-19(26)21(28)22(20(27)15-24,17-10-5-2-6-11-17)18(12-7-13-25)16-8-3-1-4-9-16/h1-6,8-11,18-21,25-28H,7,12-15H2. The van der Waals surface area contributed by atoms with Gasteiger partial charge in [0.1, 0.15) is 0 Å². The van der Waals surface area contributed by atoms with Crippen molar-refractivity contribution in [3.05, 3.63) is 71.8 Å². The topological polar surface area (TPSA) is 0 Å². The van der Waals surface area contributed by atoms with Crippen LogP contribution in [0.4, 0.5) is 0 Å². The van der Waals surface area contributed by atoms with Gasteiger partial charge >= 0.3 is 0 Å². The van der Waals surface area contributed by atoms with E-state index in [1.54, 1.807) is 0 Å². The Labute approximate surface area is 201 Å². The molecule has 0 saturated heterocycles. The number of thiol groups is 4. The Morgan fingerprint density at radius 3 is 1.89 bits per heavy atom. The van der Waals surface area contributed by atoms with E-state index in [9.17, 15) is 0 Å². The van der Waals surface area contributed by atoms with Crippen LogP contribution in [0.1, 0.15) is 29.9 Å². The van der Waals surface area contributed by atoms with Crippen molar-refractivity contribution in [3.8, 4) is 0 Å². The van der Waals surface area contributed by atoms with Gasteiger partial charge in [0.25, 0.3) is 0 Å². The normalized spacial score (nSPS) is 18.1. The zero-order valence-corrected chi connectivity index (χ0v) is 20.8. The average Bonchev–Trinajstić information content (AvgIpc) is 2.76. The number of hydrogen-bond donors (Lipinski definition) is 4. The molecule has 0 saturated carbocycles. The molecule has 0 nitrogen and oxygen atoms in total. The van der Waals surface area contributed by atoms with Gasteiger partial charge in [0.05, 0.1) is 0 Å². The number of halogens is 2.